The van der Waals surface area contributed by atoms with E-state index in [-0.39, 0.29) is 0 Å². The Morgan fingerprint density at radius 1 is 1.33 bits per heavy atom. The van der Waals surface area contributed by atoms with Crippen molar-refractivity contribution in [3.05, 3.63) is 0 Å². The van der Waals surface area contributed by atoms with Gasteiger partial charge in [0, 0.05) is 32.3 Å². The Morgan fingerprint density at radius 2 is 2.17 bits per heavy atom. The molecule has 0 aromatic rings. The number of hydrogen-bond acceptors (Lipinski definition) is 3. The summed E-state index contributed by atoms with van der Waals surface area (Å²) in [6.45, 7) is 10.3. The van der Waals surface area contributed by atoms with Crippen LogP contribution in [0.3, 0.4) is 0 Å². The molecule has 18 heavy (non-hydrogen) atoms. The second-order valence-electron chi connectivity index (χ2n) is 6.08. The van der Waals surface area contributed by atoms with E-state index >= 15 is 0 Å². The van der Waals surface area contributed by atoms with Gasteiger partial charge in [0.15, 0.2) is 0 Å². The van der Waals surface area contributed by atoms with Gasteiger partial charge in [0.1, 0.15) is 0 Å². The van der Waals surface area contributed by atoms with Crippen molar-refractivity contribution in [3.63, 3.8) is 0 Å². The van der Waals surface area contributed by atoms with Crippen LogP contribution < -0.4 is 5.32 Å². The van der Waals surface area contributed by atoms with E-state index in [9.17, 15) is 0 Å². The van der Waals surface area contributed by atoms with Crippen LogP contribution in [0, 0.1) is 5.92 Å². The zero-order chi connectivity index (χ0) is 12.8. The molecule has 2 aliphatic rings. The number of nitrogens with zero attached hydrogens (tertiary/aromatic N) is 1. The molecule has 0 spiro atoms. The molecule has 2 fully saturated rings. The van der Waals surface area contributed by atoms with E-state index in [1.54, 1.807) is 0 Å². The highest BCUT2D eigenvalue weighted by Gasteiger charge is 2.26. The molecule has 1 saturated carbocycles. The summed E-state index contributed by atoms with van der Waals surface area (Å²) in [4.78, 5) is 2.67. The van der Waals surface area contributed by atoms with E-state index in [0.29, 0.717) is 12.1 Å². The van der Waals surface area contributed by atoms with Crippen LogP contribution in [-0.2, 0) is 4.74 Å². The standard InChI is InChI=1S/C15H30N2O/c1-3-8-17(12-14-6-7-14)13(2)10-16-11-15-5-4-9-18-15/h13-16H,3-12H2,1-2H3. The maximum atomic E-state index is 5.64. The van der Waals surface area contributed by atoms with Crippen molar-refractivity contribution >= 4 is 0 Å². The molecule has 0 amide bonds. The minimum absolute atomic E-state index is 0.472. The minimum atomic E-state index is 0.472. The zero-order valence-corrected chi connectivity index (χ0v) is 12.2. The molecule has 0 radical (unpaired) electrons. The maximum absolute atomic E-state index is 5.64. The number of rotatable bonds is 9. The number of nitrogens with one attached hydrogen (secondary N) is 1. The Hall–Kier alpha value is -0.120. The van der Waals surface area contributed by atoms with Crippen LogP contribution in [0.5, 0.6) is 0 Å². The fraction of sp³-hybridized carbons (Fsp3) is 1.00. The third-order valence-electron chi connectivity index (χ3n) is 4.16. The molecule has 1 saturated heterocycles. The summed E-state index contributed by atoms with van der Waals surface area (Å²) in [5.41, 5.74) is 0. The molecule has 2 unspecified atom stereocenters. The third-order valence-corrected chi connectivity index (χ3v) is 4.16. The van der Waals surface area contributed by atoms with Gasteiger partial charge in [0.05, 0.1) is 6.10 Å². The first-order valence-corrected chi connectivity index (χ1v) is 7.86. The summed E-state index contributed by atoms with van der Waals surface area (Å²) in [6.07, 6.45) is 7.13. The van der Waals surface area contributed by atoms with Gasteiger partial charge in [-0.2, -0.15) is 0 Å². The highest BCUT2D eigenvalue weighted by Crippen LogP contribution is 2.30. The van der Waals surface area contributed by atoms with Gasteiger partial charge in [-0.15, -0.1) is 0 Å². The monoisotopic (exact) mass is 254 g/mol. The fourth-order valence-electron chi connectivity index (χ4n) is 2.80. The van der Waals surface area contributed by atoms with Crippen LogP contribution >= 0.6 is 0 Å². The van der Waals surface area contributed by atoms with Gasteiger partial charge < -0.3 is 10.1 Å². The Morgan fingerprint density at radius 3 is 2.78 bits per heavy atom. The summed E-state index contributed by atoms with van der Waals surface area (Å²) in [6, 6.07) is 0.659. The molecule has 106 valence electrons. The molecule has 3 nitrogen and oxygen atoms in total. The van der Waals surface area contributed by atoms with Gasteiger partial charge in [0.2, 0.25) is 0 Å². The normalized spacial score (nSPS) is 25.8. The van der Waals surface area contributed by atoms with Gasteiger partial charge in [-0.3, -0.25) is 4.90 Å². The highest BCUT2D eigenvalue weighted by atomic mass is 16.5. The molecule has 0 aromatic carbocycles. The first-order chi connectivity index (χ1) is 8.79. The SMILES string of the molecule is CCCN(CC1CC1)C(C)CNCC1CCCO1. The quantitative estimate of drug-likeness (QED) is 0.683. The maximum Gasteiger partial charge on any atom is 0.0700 e. The average Bonchev–Trinajstić information content (AvgIpc) is 3.02. The lowest BCUT2D eigenvalue weighted by atomic mass is 10.2. The van der Waals surface area contributed by atoms with Gasteiger partial charge in [-0.1, -0.05) is 6.92 Å². The molecule has 0 aromatic heterocycles. The summed E-state index contributed by atoms with van der Waals surface area (Å²) in [5, 5.41) is 3.59. The zero-order valence-electron chi connectivity index (χ0n) is 12.2. The molecular weight excluding hydrogens is 224 g/mol. The van der Waals surface area contributed by atoms with E-state index < -0.39 is 0 Å². The molecule has 0 bridgehead atoms. The topological polar surface area (TPSA) is 24.5 Å². The lowest BCUT2D eigenvalue weighted by molar-refractivity contribution is 0.107. The van der Waals surface area contributed by atoms with Gasteiger partial charge in [-0.05, 0) is 51.5 Å². The predicted molar refractivity (Wildman–Crippen MR) is 75.9 cm³/mol. The van der Waals surface area contributed by atoms with Gasteiger partial charge in [-0.25, -0.2) is 0 Å². The molecule has 1 N–H and O–H groups in total. The van der Waals surface area contributed by atoms with Crippen molar-refractivity contribution in [1.82, 2.24) is 10.2 Å². The fourth-order valence-corrected chi connectivity index (χ4v) is 2.80. The van der Waals surface area contributed by atoms with E-state index in [0.717, 1.165) is 25.6 Å². The first kappa shape index (κ1) is 14.3. The molecule has 2 atom stereocenters. The predicted octanol–water partition coefficient (Wildman–Crippen LogP) is 2.27. The second kappa shape index (κ2) is 7.46. The molecule has 1 aliphatic carbocycles. The van der Waals surface area contributed by atoms with E-state index in [2.05, 4.69) is 24.1 Å². The summed E-state index contributed by atoms with van der Waals surface area (Å²) in [7, 11) is 0. The molecule has 1 aliphatic heterocycles. The van der Waals surface area contributed by atoms with Crippen molar-refractivity contribution in [2.45, 2.75) is 58.1 Å². The smallest absolute Gasteiger partial charge is 0.0700 e. The van der Waals surface area contributed by atoms with Crippen LogP contribution in [0.1, 0.15) is 46.0 Å². The van der Waals surface area contributed by atoms with Crippen molar-refractivity contribution in [1.29, 1.82) is 0 Å². The Labute approximate surface area is 112 Å². The summed E-state index contributed by atoms with van der Waals surface area (Å²) >= 11 is 0. The van der Waals surface area contributed by atoms with Crippen LogP contribution in [0.25, 0.3) is 0 Å². The Kier molecular flexibility index (Phi) is 5.93. The second-order valence-corrected chi connectivity index (χ2v) is 6.08. The van der Waals surface area contributed by atoms with Crippen LogP contribution in [0.15, 0.2) is 0 Å². The van der Waals surface area contributed by atoms with Gasteiger partial charge in [0.25, 0.3) is 0 Å². The lowest BCUT2D eigenvalue weighted by Gasteiger charge is -2.29. The van der Waals surface area contributed by atoms with Crippen LogP contribution in [0.4, 0.5) is 0 Å². The van der Waals surface area contributed by atoms with Crippen molar-refractivity contribution in [2.24, 2.45) is 5.92 Å². The third kappa shape index (κ3) is 4.87. The van der Waals surface area contributed by atoms with Crippen molar-refractivity contribution < 1.29 is 4.74 Å². The molecule has 1 heterocycles. The molecular formula is C15H30N2O. The van der Waals surface area contributed by atoms with Gasteiger partial charge >= 0.3 is 0 Å². The Bertz CT molecular complexity index is 225. The number of hydrogen-bond donors (Lipinski definition) is 1. The van der Waals surface area contributed by atoms with Crippen LogP contribution in [0.2, 0.25) is 0 Å². The minimum Gasteiger partial charge on any atom is -0.377 e. The first-order valence-electron chi connectivity index (χ1n) is 7.86. The largest absolute Gasteiger partial charge is 0.377 e. The Balaban J connectivity index is 1.61. The van der Waals surface area contributed by atoms with E-state index in [1.165, 1.54) is 45.2 Å². The van der Waals surface area contributed by atoms with Crippen molar-refractivity contribution in [2.75, 3.05) is 32.8 Å². The average molecular weight is 254 g/mol. The number of ether oxygens (including phenoxy) is 1. The molecule has 3 heteroatoms. The highest BCUT2D eigenvalue weighted by molar-refractivity contribution is 4.80. The molecule has 2 rings (SSSR count). The summed E-state index contributed by atoms with van der Waals surface area (Å²) in [5.74, 6) is 0.997. The van der Waals surface area contributed by atoms with E-state index in [1.807, 2.05) is 0 Å². The lowest BCUT2D eigenvalue weighted by Crippen LogP contribution is -2.43. The summed E-state index contributed by atoms with van der Waals surface area (Å²) < 4.78 is 5.64. The van der Waals surface area contributed by atoms with E-state index in [4.69, 9.17) is 4.74 Å². The van der Waals surface area contributed by atoms with Crippen molar-refractivity contribution in [3.8, 4) is 0 Å². The van der Waals surface area contributed by atoms with Crippen LogP contribution in [-0.4, -0.2) is 49.8 Å².